The number of piperazine rings is 2. The third-order valence-corrected chi connectivity index (χ3v) is 6.48. The van der Waals surface area contributed by atoms with Gasteiger partial charge in [0.15, 0.2) is 0 Å². The summed E-state index contributed by atoms with van der Waals surface area (Å²) in [7, 11) is 0. The second-order valence-corrected chi connectivity index (χ2v) is 8.73. The van der Waals surface area contributed by atoms with Gasteiger partial charge in [-0.05, 0) is 50.2 Å². The van der Waals surface area contributed by atoms with Crippen LogP contribution in [0, 0.1) is 5.82 Å². The minimum Gasteiger partial charge on any atom is -0.369 e. The number of halogens is 1. The molecule has 0 atom stereocenters. The molecular weight excluding hydrogens is 407 g/mol. The summed E-state index contributed by atoms with van der Waals surface area (Å²) >= 11 is 0. The molecule has 170 valence electrons. The van der Waals surface area contributed by atoms with Crippen LogP contribution in [-0.4, -0.2) is 84.9 Å². The van der Waals surface area contributed by atoms with E-state index in [1.807, 2.05) is 24.3 Å². The lowest BCUT2D eigenvalue weighted by molar-refractivity contribution is 0.0533. The van der Waals surface area contributed by atoms with E-state index in [0.29, 0.717) is 37.8 Å². The molecule has 0 radical (unpaired) electrons. The Labute approximate surface area is 189 Å². The number of rotatable bonds is 4. The van der Waals surface area contributed by atoms with Gasteiger partial charge < -0.3 is 14.7 Å². The highest BCUT2D eigenvalue weighted by Crippen LogP contribution is 2.20. The fraction of sp³-hybridized carbons (Fsp3) is 0.440. The van der Waals surface area contributed by atoms with E-state index in [1.54, 1.807) is 21.9 Å². The predicted molar refractivity (Wildman–Crippen MR) is 124 cm³/mol. The first-order valence-corrected chi connectivity index (χ1v) is 11.4. The Morgan fingerprint density at radius 3 is 1.88 bits per heavy atom. The summed E-state index contributed by atoms with van der Waals surface area (Å²) < 4.78 is 13.9. The maximum atomic E-state index is 13.9. The summed E-state index contributed by atoms with van der Waals surface area (Å²) in [6.45, 7) is 10.2. The largest absolute Gasteiger partial charge is 0.369 e. The molecule has 4 rings (SSSR count). The van der Waals surface area contributed by atoms with E-state index in [0.717, 1.165) is 31.9 Å². The first-order chi connectivity index (χ1) is 15.4. The van der Waals surface area contributed by atoms with Gasteiger partial charge in [-0.2, -0.15) is 0 Å². The monoisotopic (exact) mass is 438 g/mol. The fourth-order valence-electron chi connectivity index (χ4n) is 4.41. The molecule has 2 aromatic rings. The van der Waals surface area contributed by atoms with Gasteiger partial charge in [0.2, 0.25) is 0 Å². The first-order valence-electron chi connectivity index (χ1n) is 11.4. The van der Waals surface area contributed by atoms with Crippen molar-refractivity contribution in [1.82, 2.24) is 14.7 Å². The van der Waals surface area contributed by atoms with Crippen LogP contribution >= 0.6 is 0 Å². The highest BCUT2D eigenvalue weighted by molar-refractivity contribution is 5.96. The number of hydrogen-bond donors (Lipinski definition) is 0. The van der Waals surface area contributed by atoms with E-state index in [1.165, 1.54) is 12.1 Å². The van der Waals surface area contributed by atoms with Crippen molar-refractivity contribution in [1.29, 1.82) is 0 Å². The Kier molecular flexibility index (Phi) is 6.74. The molecule has 2 fully saturated rings. The molecule has 0 aliphatic carbocycles. The Balaban J connectivity index is 1.32. The number of hydrogen-bond acceptors (Lipinski definition) is 4. The summed E-state index contributed by atoms with van der Waals surface area (Å²) in [5.41, 5.74) is 1.88. The van der Waals surface area contributed by atoms with E-state index >= 15 is 0 Å². The third kappa shape index (κ3) is 4.78. The van der Waals surface area contributed by atoms with Crippen molar-refractivity contribution in [3.8, 4) is 0 Å². The molecule has 2 amide bonds. The number of nitrogens with zero attached hydrogens (tertiary/aromatic N) is 4. The quantitative estimate of drug-likeness (QED) is 0.737. The van der Waals surface area contributed by atoms with Crippen molar-refractivity contribution in [3.63, 3.8) is 0 Å². The zero-order valence-electron chi connectivity index (χ0n) is 18.8. The van der Waals surface area contributed by atoms with E-state index in [9.17, 15) is 14.0 Å². The van der Waals surface area contributed by atoms with Crippen molar-refractivity contribution in [2.45, 2.75) is 19.9 Å². The molecular formula is C25H31FN4O2. The highest BCUT2D eigenvalue weighted by Gasteiger charge is 2.27. The number of carbonyl (C=O) groups is 2. The highest BCUT2D eigenvalue weighted by atomic mass is 19.1. The molecule has 0 aromatic heterocycles. The van der Waals surface area contributed by atoms with Crippen LogP contribution in [0.4, 0.5) is 10.1 Å². The average Bonchev–Trinajstić information content (AvgIpc) is 2.84. The Bertz CT molecular complexity index is 947. The summed E-state index contributed by atoms with van der Waals surface area (Å²) in [6, 6.07) is 14.4. The molecule has 0 saturated carbocycles. The third-order valence-electron chi connectivity index (χ3n) is 6.48. The molecule has 0 N–H and O–H groups in total. The zero-order chi connectivity index (χ0) is 22.7. The van der Waals surface area contributed by atoms with Gasteiger partial charge >= 0.3 is 0 Å². The molecule has 0 bridgehead atoms. The molecule has 2 heterocycles. The number of carbonyl (C=O) groups excluding carboxylic acids is 2. The first kappa shape index (κ1) is 22.3. The lowest BCUT2D eigenvalue weighted by Gasteiger charge is -2.38. The molecule has 32 heavy (non-hydrogen) atoms. The van der Waals surface area contributed by atoms with E-state index in [4.69, 9.17) is 0 Å². The maximum Gasteiger partial charge on any atom is 0.256 e. The van der Waals surface area contributed by atoms with Gasteiger partial charge in [0.25, 0.3) is 11.8 Å². The smallest absolute Gasteiger partial charge is 0.256 e. The summed E-state index contributed by atoms with van der Waals surface area (Å²) in [4.78, 5) is 33.8. The number of anilines is 1. The average molecular weight is 439 g/mol. The minimum absolute atomic E-state index is 0.0285. The lowest BCUT2D eigenvalue weighted by Crippen LogP contribution is -2.50. The van der Waals surface area contributed by atoms with Crippen molar-refractivity contribution < 1.29 is 14.0 Å². The van der Waals surface area contributed by atoms with Crippen LogP contribution in [0.15, 0.2) is 48.5 Å². The Morgan fingerprint density at radius 1 is 0.750 bits per heavy atom. The normalized spacial score (nSPS) is 17.7. The van der Waals surface area contributed by atoms with Gasteiger partial charge in [-0.3, -0.25) is 14.5 Å². The van der Waals surface area contributed by atoms with Gasteiger partial charge in [0.1, 0.15) is 5.82 Å². The van der Waals surface area contributed by atoms with E-state index < -0.39 is 5.82 Å². The topological polar surface area (TPSA) is 47.1 Å². The lowest BCUT2D eigenvalue weighted by atomic mass is 10.1. The van der Waals surface area contributed by atoms with Crippen molar-refractivity contribution >= 4 is 17.5 Å². The van der Waals surface area contributed by atoms with Crippen LogP contribution in [0.1, 0.15) is 34.6 Å². The standard InChI is InChI=1S/C25H31FN4O2/c1-19(2)27-11-13-28(14-12-27)21-9-7-20(8-10-21)24(31)29-15-17-30(18-16-29)25(32)22-5-3-4-6-23(22)26/h3-10,19H,11-18H2,1-2H3. The van der Waals surface area contributed by atoms with E-state index in [-0.39, 0.29) is 17.4 Å². The van der Waals surface area contributed by atoms with Crippen LogP contribution in [0.25, 0.3) is 0 Å². The van der Waals surface area contributed by atoms with Crippen LogP contribution in [0.2, 0.25) is 0 Å². The summed E-state index contributed by atoms with van der Waals surface area (Å²) in [5.74, 6) is -0.863. The van der Waals surface area contributed by atoms with Crippen molar-refractivity contribution in [2.24, 2.45) is 0 Å². The number of benzene rings is 2. The van der Waals surface area contributed by atoms with Gasteiger partial charge in [-0.1, -0.05) is 12.1 Å². The van der Waals surface area contributed by atoms with Crippen LogP contribution in [0.5, 0.6) is 0 Å². The van der Waals surface area contributed by atoms with Crippen LogP contribution in [0.3, 0.4) is 0 Å². The second kappa shape index (κ2) is 9.69. The van der Waals surface area contributed by atoms with Crippen molar-refractivity contribution in [3.05, 3.63) is 65.5 Å². The van der Waals surface area contributed by atoms with Gasteiger partial charge in [-0.25, -0.2) is 4.39 Å². The maximum absolute atomic E-state index is 13.9. The molecule has 0 spiro atoms. The molecule has 2 aliphatic rings. The molecule has 2 aliphatic heterocycles. The Hall–Kier alpha value is -2.93. The molecule has 0 unspecified atom stereocenters. The summed E-state index contributed by atoms with van der Waals surface area (Å²) in [6.07, 6.45) is 0. The van der Waals surface area contributed by atoms with Gasteiger partial charge in [0, 0.05) is 69.7 Å². The SMILES string of the molecule is CC(C)N1CCN(c2ccc(C(=O)N3CCN(C(=O)c4ccccc4F)CC3)cc2)CC1. The van der Waals surface area contributed by atoms with Crippen LogP contribution in [-0.2, 0) is 0 Å². The van der Waals surface area contributed by atoms with Gasteiger partial charge in [0.05, 0.1) is 5.56 Å². The summed E-state index contributed by atoms with van der Waals surface area (Å²) in [5, 5.41) is 0. The Morgan fingerprint density at radius 2 is 1.31 bits per heavy atom. The molecule has 6 nitrogen and oxygen atoms in total. The van der Waals surface area contributed by atoms with Crippen molar-refractivity contribution in [2.75, 3.05) is 57.3 Å². The fourth-order valence-corrected chi connectivity index (χ4v) is 4.41. The zero-order valence-corrected chi connectivity index (χ0v) is 18.8. The van der Waals surface area contributed by atoms with Crippen LogP contribution < -0.4 is 4.90 Å². The number of amides is 2. The minimum atomic E-state index is -0.512. The van der Waals surface area contributed by atoms with Gasteiger partial charge in [-0.15, -0.1) is 0 Å². The second-order valence-electron chi connectivity index (χ2n) is 8.73. The van der Waals surface area contributed by atoms with E-state index in [2.05, 4.69) is 23.6 Å². The molecule has 2 saturated heterocycles. The molecule has 7 heteroatoms. The molecule has 2 aromatic carbocycles. The predicted octanol–water partition coefficient (Wildman–Crippen LogP) is 2.95.